The van der Waals surface area contributed by atoms with E-state index in [1.807, 2.05) is 24.3 Å². The molecule has 24 heavy (non-hydrogen) atoms. The van der Waals surface area contributed by atoms with Crippen molar-refractivity contribution in [2.24, 2.45) is 0 Å². The predicted molar refractivity (Wildman–Crippen MR) is 92.7 cm³/mol. The smallest absolute Gasteiger partial charge is 0.194 e. The minimum Gasteiger partial charge on any atom is -0.275 e. The average molecular weight is 357 g/mol. The topological polar surface area (TPSA) is 54.5 Å². The molecular weight excluding hydrogens is 347 g/mol. The molecule has 2 heterocycles. The van der Waals surface area contributed by atoms with Gasteiger partial charge in [0.15, 0.2) is 10.8 Å². The van der Waals surface area contributed by atoms with E-state index in [1.54, 1.807) is 24.4 Å². The molecule has 0 unspecified atom stereocenters. The van der Waals surface area contributed by atoms with Crippen molar-refractivity contribution in [3.63, 3.8) is 0 Å². The summed E-state index contributed by atoms with van der Waals surface area (Å²) in [6, 6.07) is 14.0. The van der Waals surface area contributed by atoms with E-state index >= 15 is 0 Å². The van der Waals surface area contributed by atoms with Crippen molar-refractivity contribution in [2.75, 3.05) is 0 Å². The molecule has 0 spiro atoms. The summed E-state index contributed by atoms with van der Waals surface area (Å²) in [7, 11) is 0. The van der Waals surface area contributed by atoms with E-state index in [4.69, 9.17) is 11.6 Å². The number of nitrogens with zero attached hydrogens (tertiary/aromatic N) is 3. The van der Waals surface area contributed by atoms with Crippen LogP contribution < -0.4 is 0 Å². The van der Waals surface area contributed by atoms with Gasteiger partial charge >= 0.3 is 0 Å². The van der Waals surface area contributed by atoms with Gasteiger partial charge in [-0.15, -0.1) is 0 Å². The molecule has 2 aromatic carbocycles. The van der Waals surface area contributed by atoms with Crippen LogP contribution in [0.5, 0.6) is 0 Å². The molecule has 4 nitrogen and oxygen atoms in total. The Bertz CT molecular complexity index is 1030. The van der Waals surface area contributed by atoms with Gasteiger partial charge in [0.25, 0.3) is 0 Å². The van der Waals surface area contributed by atoms with Crippen LogP contribution in [0.15, 0.2) is 64.8 Å². The summed E-state index contributed by atoms with van der Waals surface area (Å²) in [6.45, 7) is 0. The maximum absolute atomic E-state index is 13.7. The van der Waals surface area contributed by atoms with Gasteiger partial charge in [-0.1, -0.05) is 41.9 Å². The summed E-state index contributed by atoms with van der Waals surface area (Å²) in [5.74, 6) is -0.301. The number of hydrogen-bond donors (Lipinski definition) is 1. The lowest BCUT2D eigenvalue weighted by Gasteiger charge is -2.02. The molecule has 0 radical (unpaired) electrons. The zero-order valence-corrected chi connectivity index (χ0v) is 13.8. The van der Waals surface area contributed by atoms with Crippen LogP contribution in [-0.4, -0.2) is 20.2 Å². The number of hydrogen-bond acceptors (Lipinski definition) is 4. The van der Waals surface area contributed by atoms with E-state index in [0.29, 0.717) is 20.7 Å². The summed E-state index contributed by atoms with van der Waals surface area (Å²) in [4.78, 5) is 9.17. The van der Waals surface area contributed by atoms with Crippen molar-refractivity contribution >= 4 is 34.4 Å². The molecule has 0 aliphatic carbocycles. The number of halogens is 2. The van der Waals surface area contributed by atoms with Gasteiger partial charge in [0.2, 0.25) is 0 Å². The Morgan fingerprint density at radius 3 is 2.67 bits per heavy atom. The number of aromatic amines is 1. The molecule has 2 aromatic heterocycles. The highest BCUT2D eigenvalue weighted by atomic mass is 35.5. The van der Waals surface area contributed by atoms with Crippen molar-refractivity contribution in [3.8, 4) is 11.3 Å². The first kappa shape index (κ1) is 15.1. The molecule has 0 saturated carbocycles. The molecule has 7 heteroatoms. The van der Waals surface area contributed by atoms with Gasteiger partial charge in [-0.2, -0.15) is 5.10 Å². The van der Waals surface area contributed by atoms with E-state index in [1.165, 1.54) is 6.07 Å². The van der Waals surface area contributed by atoms with Crippen molar-refractivity contribution < 1.29 is 4.39 Å². The fourth-order valence-electron chi connectivity index (χ4n) is 2.33. The van der Waals surface area contributed by atoms with E-state index < -0.39 is 0 Å². The lowest BCUT2D eigenvalue weighted by atomic mass is 10.1. The first-order valence-electron chi connectivity index (χ1n) is 7.11. The van der Waals surface area contributed by atoms with Crippen LogP contribution in [0.1, 0.15) is 0 Å². The van der Waals surface area contributed by atoms with Crippen LogP contribution in [0, 0.1) is 5.82 Å². The van der Waals surface area contributed by atoms with Gasteiger partial charge in [-0.3, -0.25) is 5.10 Å². The van der Waals surface area contributed by atoms with Crippen molar-refractivity contribution in [2.45, 2.75) is 10.1 Å². The van der Waals surface area contributed by atoms with Crippen LogP contribution in [0.25, 0.3) is 22.3 Å². The third kappa shape index (κ3) is 2.74. The second-order valence-corrected chi connectivity index (χ2v) is 6.42. The van der Waals surface area contributed by atoms with Gasteiger partial charge in [0, 0.05) is 16.8 Å². The Hall–Kier alpha value is -2.44. The number of H-pyrrole nitrogens is 1. The average Bonchev–Trinajstić information content (AvgIpc) is 3.00. The summed E-state index contributed by atoms with van der Waals surface area (Å²) < 4.78 is 13.7. The number of aromatic nitrogens is 4. The Labute approximate surface area is 146 Å². The van der Waals surface area contributed by atoms with E-state index in [9.17, 15) is 4.39 Å². The van der Waals surface area contributed by atoms with E-state index in [0.717, 1.165) is 28.4 Å². The lowest BCUT2D eigenvalue weighted by molar-refractivity contribution is 0.601. The standard InChI is InChI=1S/C17H10ClFN4S/c18-12-6-2-1-5-10(12)15-11-9-20-17(21-16(11)23-22-15)24-14-8-4-3-7-13(14)19/h1-9H,(H,20,21,22,23). The van der Waals surface area contributed by atoms with Gasteiger partial charge in [-0.05, 0) is 30.0 Å². The fourth-order valence-corrected chi connectivity index (χ4v) is 3.31. The van der Waals surface area contributed by atoms with E-state index in [2.05, 4.69) is 20.2 Å². The van der Waals surface area contributed by atoms with Crippen molar-refractivity contribution in [1.29, 1.82) is 0 Å². The minimum absolute atomic E-state index is 0.301. The molecular formula is C17H10ClFN4S. The van der Waals surface area contributed by atoms with Gasteiger partial charge in [0.1, 0.15) is 5.82 Å². The van der Waals surface area contributed by atoms with Gasteiger partial charge in [-0.25, -0.2) is 14.4 Å². The van der Waals surface area contributed by atoms with Crippen molar-refractivity contribution in [1.82, 2.24) is 20.2 Å². The third-order valence-corrected chi connectivity index (χ3v) is 4.73. The Kier molecular flexibility index (Phi) is 3.92. The Balaban J connectivity index is 1.73. The molecule has 0 atom stereocenters. The largest absolute Gasteiger partial charge is 0.275 e. The van der Waals surface area contributed by atoms with E-state index in [-0.39, 0.29) is 5.82 Å². The number of benzene rings is 2. The fraction of sp³-hybridized carbons (Fsp3) is 0. The molecule has 0 aliphatic rings. The molecule has 0 fully saturated rings. The monoisotopic (exact) mass is 356 g/mol. The first-order chi connectivity index (χ1) is 11.7. The van der Waals surface area contributed by atoms with Crippen LogP contribution in [0.3, 0.4) is 0 Å². The normalized spacial score (nSPS) is 11.1. The first-order valence-corrected chi connectivity index (χ1v) is 8.30. The maximum Gasteiger partial charge on any atom is 0.194 e. The molecule has 0 aliphatic heterocycles. The predicted octanol–water partition coefficient (Wildman–Crippen LogP) is 4.96. The number of rotatable bonds is 3. The highest BCUT2D eigenvalue weighted by Crippen LogP contribution is 2.32. The summed E-state index contributed by atoms with van der Waals surface area (Å²) in [5, 5.41) is 8.99. The SMILES string of the molecule is Fc1ccccc1Sc1ncc2c(-c3ccccc3Cl)[nH]nc2n1. The zero-order valence-electron chi connectivity index (χ0n) is 12.2. The highest BCUT2D eigenvalue weighted by Gasteiger charge is 2.13. The molecule has 4 rings (SSSR count). The maximum atomic E-state index is 13.7. The van der Waals surface area contributed by atoms with Gasteiger partial charge < -0.3 is 0 Å². The van der Waals surface area contributed by atoms with Crippen molar-refractivity contribution in [3.05, 3.63) is 65.6 Å². The van der Waals surface area contributed by atoms with Crippen LogP contribution in [0.4, 0.5) is 4.39 Å². The summed E-state index contributed by atoms with van der Waals surface area (Å²) in [5.41, 5.74) is 2.11. The minimum atomic E-state index is -0.301. The molecule has 0 amide bonds. The number of nitrogens with one attached hydrogen (secondary N) is 1. The van der Waals surface area contributed by atoms with Crippen LogP contribution in [-0.2, 0) is 0 Å². The molecule has 1 N–H and O–H groups in total. The summed E-state index contributed by atoms with van der Waals surface area (Å²) in [6.07, 6.45) is 1.67. The molecule has 4 aromatic rings. The van der Waals surface area contributed by atoms with Crippen LogP contribution >= 0.6 is 23.4 Å². The summed E-state index contributed by atoms with van der Waals surface area (Å²) >= 11 is 7.40. The highest BCUT2D eigenvalue weighted by molar-refractivity contribution is 7.99. The Morgan fingerprint density at radius 1 is 1.04 bits per heavy atom. The Morgan fingerprint density at radius 2 is 1.83 bits per heavy atom. The van der Waals surface area contributed by atoms with Crippen LogP contribution in [0.2, 0.25) is 5.02 Å². The third-order valence-electron chi connectivity index (χ3n) is 3.47. The lowest BCUT2D eigenvalue weighted by Crippen LogP contribution is -1.88. The molecule has 0 bridgehead atoms. The zero-order chi connectivity index (χ0) is 16.5. The quantitative estimate of drug-likeness (QED) is 0.527. The van der Waals surface area contributed by atoms with Gasteiger partial charge in [0.05, 0.1) is 16.0 Å². The molecule has 118 valence electrons. The second-order valence-electron chi connectivity index (χ2n) is 5.00. The second kappa shape index (κ2) is 6.22. The number of fused-ring (bicyclic) bond motifs is 1. The molecule has 0 saturated heterocycles.